The predicted octanol–water partition coefficient (Wildman–Crippen LogP) is 0.985. The largest absolute Gasteiger partial charge is 0.483 e. The van der Waals surface area contributed by atoms with Gasteiger partial charge in [-0.2, -0.15) is 0 Å². The molecule has 20 heavy (non-hydrogen) atoms. The molecule has 1 aromatic rings. The lowest BCUT2D eigenvalue weighted by atomic mass is 10.2. The summed E-state index contributed by atoms with van der Waals surface area (Å²) in [4.78, 5) is 16.0. The Balaban J connectivity index is 1.92. The van der Waals surface area contributed by atoms with Gasteiger partial charge in [-0.1, -0.05) is 17.7 Å². The van der Waals surface area contributed by atoms with Gasteiger partial charge in [0, 0.05) is 36.8 Å². The van der Waals surface area contributed by atoms with Crippen LogP contribution in [0.25, 0.3) is 0 Å². The second-order valence-electron chi connectivity index (χ2n) is 4.85. The quantitative estimate of drug-likeness (QED) is 0.900. The van der Waals surface area contributed by atoms with Gasteiger partial charge in [-0.25, -0.2) is 0 Å². The Hall–Kier alpha value is -1.30. The van der Waals surface area contributed by atoms with Gasteiger partial charge < -0.3 is 19.6 Å². The minimum absolute atomic E-state index is 0.0307. The number of aliphatic hydroxyl groups excluding tert-OH is 1. The van der Waals surface area contributed by atoms with Gasteiger partial charge in [-0.15, -0.1) is 0 Å². The molecule has 1 aliphatic heterocycles. The van der Waals surface area contributed by atoms with E-state index in [0.717, 1.165) is 26.2 Å². The van der Waals surface area contributed by atoms with E-state index in [4.69, 9.17) is 16.3 Å². The molecule has 0 bridgehead atoms. The standard InChI is InChI=1S/C14H19ClN2O3/c1-16-5-7-17(8-6-16)14(19)10-20-13-4-2-3-12(15)11(13)9-18/h2-4,18H,5-10H2,1H3. The summed E-state index contributed by atoms with van der Waals surface area (Å²) in [6, 6.07) is 5.12. The highest BCUT2D eigenvalue weighted by Gasteiger charge is 2.19. The fraction of sp³-hybridized carbons (Fsp3) is 0.500. The number of hydrogen-bond acceptors (Lipinski definition) is 4. The van der Waals surface area contributed by atoms with E-state index >= 15 is 0 Å². The summed E-state index contributed by atoms with van der Waals surface area (Å²) in [5.74, 6) is 0.421. The number of aliphatic hydroxyl groups is 1. The molecule has 1 fully saturated rings. The number of likely N-dealkylation sites (N-methyl/N-ethyl adjacent to an activating group) is 1. The summed E-state index contributed by atoms with van der Waals surface area (Å²) in [7, 11) is 2.04. The molecule has 2 rings (SSSR count). The molecule has 0 aromatic heterocycles. The first-order valence-corrected chi connectivity index (χ1v) is 6.97. The van der Waals surface area contributed by atoms with Crippen LogP contribution in [-0.2, 0) is 11.4 Å². The van der Waals surface area contributed by atoms with Crippen molar-refractivity contribution in [3.63, 3.8) is 0 Å². The van der Waals surface area contributed by atoms with E-state index in [9.17, 15) is 9.90 Å². The third-order valence-corrected chi connectivity index (χ3v) is 3.80. The van der Waals surface area contributed by atoms with Crippen LogP contribution in [0.5, 0.6) is 5.75 Å². The van der Waals surface area contributed by atoms with Gasteiger partial charge in [0.15, 0.2) is 6.61 Å². The molecule has 1 aliphatic rings. The molecule has 0 saturated carbocycles. The monoisotopic (exact) mass is 298 g/mol. The van der Waals surface area contributed by atoms with Crippen LogP contribution in [0.1, 0.15) is 5.56 Å². The van der Waals surface area contributed by atoms with E-state index < -0.39 is 0 Å². The molecule has 1 aromatic carbocycles. The zero-order valence-electron chi connectivity index (χ0n) is 11.5. The number of halogens is 1. The smallest absolute Gasteiger partial charge is 0.260 e. The second kappa shape index (κ2) is 6.92. The van der Waals surface area contributed by atoms with Crippen LogP contribution in [0.3, 0.4) is 0 Å². The molecule has 6 heteroatoms. The Morgan fingerprint density at radius 1 is 1.35 bits per heavy atom. The Morgan fingerprint density at radius 2 is 2.05 bits per heavy atom. The van der Waals surface area contributed by atoms with E-state index in [0.29, 0.717) is 16.3 Å². The number of benzene rings is 1. The zero-order chi connectivity index (χ0) is 14.5. The van der Waals surface area contributed by atoms with Gasteiger partial charge in [0.1, 0.15) is 5.75 Å². The van der Waals surface area contributed by atoms with Crippen molar-refractivity contribution in [2.24, 2.45) is 0 Å². The number of carbonyl (C=O) groups is 1. The van der Waals surface area contributed by atoms with Gasteiger partial charge >= 0.3 is 0 Å². The van der Waals surface area contributed by atoms with Gasteiger partial charge in [-0.05, 0) is 19.2 Å². The SMILES string of the molecule is CN1CCN(C(=O)COc2cccc(Cl)c2CO)CC1. The Labute approximate surface area is 123 Å². The molecular formula is C14H19ClN2O3. The molecule has 0 radical (unpaired) electrons. The third-order valence-electron chi connectivity index (χ3n) is 3.44. The number of carbonyl (C=O) groups excluding carboxylic acids is 1. The summed E-state index contributed by atoms with van der Waals surface area (Å²) in [6.07, 6.45) is 0. The Kier molecular flexibility index (Phi) is 5.23. The lowest BCUT2D eigenvalue weighted by Gasteiger charge is -2.32. The number of piperazine rings is 1. The zero-order valence-corrected chi connectivity index (χ0v) is 12.3. The van der Waals surface area contributed by atoms with Gasteiger partial charge in [0.25, 0.3) is 5.91 Å². The molecule has 1 N–H and O–H groups in total. The van der Waals surface area contributed by atoms with E-state index in [1.54, 1.807) is 23.1 Å². The topological polar surface area (TPSA) is 53.0 Å². The van der Waals surface area contributed by atoms with Crippen molar-refractivity contribution in [1.82, 2.24) is 9.80 Å². The Bertz CT molecular complexity index is 473. The lowest BCUT2D eigenvalue weighted by Crippen LogP contribution is -2.48. The second-order valence-corrected chi connectivity index (χ2v) is 5.25. The van der Waals surface area contributed by atoms with Crippen LogP contribution in [-0.4, -0.2) is 60.6 Å². The third kappa shape index (κ3) is 3.62. The summed E-state index contributed by atoms with van der Waals surface area (Å²) >= 11 is 5.97. The van der Waals surface area contributed by atoms with Gasteiger partial charge in [0.05, 0.1) is 6.61 Å². The molecular weight excluding hydrogens is 280 g/mol. The van der Waals surface area contributed by atoms with Gasteiger partial charge in [0.2, 0.25) is 0 Å². The molecule has 1 saturated heterocycles. The highest BCUT2D eigenvalue weighted by atomic mass is 35.5. The average molecular weight is 299 g/mol. The first-order chi connectivity index (χ1) is 9.61. The number of nitrogens with zero attached hydrogens (tertiary/aromatic N) is 2. The molecule has 1 amide bonds. The van der Waals surface area contributed by atoms with Crippen molar-refractivity contribution in [1.29, 1.82) is 0 Å². The minimum Gasteiger partial charge on any atom is -0.483 e. The highest BCUT2D eigenvalue weighted by Crippen LogP contribution is 2.26. The van der Waals surface area contributed by atoms with E-state index in [-0.39, 0.29) is 19.1 Å². The minimum atomic E-state index is -0.211. The molecule has 0 atom stereocenters. The fourth-order valence-corrected chi connectivity index (χ4v) is 2.34. The number of hydrogen-bond donors (Lipinski definition) is 1. The van der Waals surface area contributed by atoms with Crippen LogP contribution in [0.4, 0.5) is 0 Å². The maximum absolute atomic E-state index is 12.0. The number of ether oxygens (including phenoxy) is 1. The molecule has 1 heterocycles. The van der Waals surface area contributed by atoms with Crippen LogP contribution in [0.2, 0.25) is 5.02 Å². The average Bonchev–Trinajstić information content (AvgIpc) is 2.45. The number of rotatable bonds is 4. The molecule has 0 spiro atoms. The van der Waals surface area contributed by atoms with Crippen molar-refractivity contribution >= 4 is 17.5 Å². The molecule has 5 nitrogen and oxygen atoms in total. The van der Waals surface area contributed by atoms with Crippen molar-refractivity contribution in [2.75, 3.05) is 39.8 Å². The van der Waals surface area contributed by atoms with Crippen LogP contribution >= 0.6 is 11.6 Å². The fourth-order valence-electron chi connectivity index (χ4n) is 2.11. The summed E-state index contributed by atoms with van der Waals surface area (Å²) in [6.45, 7) is 2.96. The van der Waals surface area contributed by atoms with Crippen molar-refractivity contribution in [2.45, 2.75) is 6.61 Å². The van der Waals surface area contributed by atoms with Crippen molar-refractivity contribution in [3.05, 3.63) is 28.8 Å². The van der Waals surface area contributed by atoms with Crippen molar-refractivity contribution in [3.8, 4) is 5.75 Å². The van der Waals surface area contributed by atoms with Gasteiger partial charge in [-0.3, -0.25) is 4.79 Å². The van der Waals surface area contributed by atoms with Crippen molar-refractivity contribution < 1.29 is 14.6 Å². The first-order valence-electron chi connectivity index (χ1n) is 6.59. The molecule has 110 valence electrons. The number of amides is 1. The molecule has 0 aliphatic carbocycles. The Morgan fingerprint density at radius 3 is 2.70 bits per heavy atom. The predicted molar refractivity (Wildman–Crippen MR) is 76.9 cm³/mol. The molecule has 0 unspecified atom stereocenters. The highest BCUT2D eigenvalue weighted by molar-refractivity contribution is 6.31. The normalized spacial score (nSPS) is 16.2. The van der Waals surface area contributed by atoms with Crippen LogP contribution in [0, 0.1) is 0 Å². The van der Waals surface area contributed by atoms with E-state index in [1.807, 2.05) is 7.05 Å². The summed E-state index contributed by atoms with van der Waals surface area (Å²) in [5.41, 5.74) is 0.514. The summed E-state index contributed by atoms with van der Waals surface area (Å²) in [5, 5.41) is 9.72. The lowest BCUT2D eigenvalue weighted by molar-refractivity contribution is -0.134. The summed E-state index contributed by atoms with van der Waals surface area (Å²) < 4.78 is 5.50. The van der Waals surface area contributed by atoms with E-state index in [2.05, 4.69) is 4.90 Å². The van der Waals surface area contributed by atoms with Crippen LogP contribution < -0.4 is 4.74 Å². The maximum atomic E-state index is 12.0. The first kappa shape index (κ1) is 15.1. The maximum Gasteiger partial charge on any atom is 0.260 e. The van der Waals surface area contributed by atoms with E-state index in [1.165, 1.54) is 0 Å². The van der Waals surface area contributed by atoms with Crippen LogP contribution in [0.15, 0.2) is 18.2 Å².